The molecule has 1 atom stereocenters. The predicted octanol–water partition coefficient (Wildman–Crippen LogP) is 1.50. The van der Waals surface area contributed by atoms with Gasteiger partial charge in [0.05, 0.1) is 5.92 Å². The maximum Gasteiger partial charge on any atom is 0.227 e. The van der Waals surface area contributed by atoms with Gasteiger partial charge in [0.15, 0.2) is 0 Å². The van der Waals surface area contributed by atoms with E-state index < -0.39 is 0 Å². The third-order valence-corrected chi connectivity index (χ3v) is 3.63. The van der Waals surface area contributed by atoms with E-state index in [0.717, 1.165) is 17.7 Å². The van der Waals surface area contributed by atoms with Crippen molar-refractivity contribution in [1.82, 2.24) is 5.32 Å². The summed E-state index contributed by atoms with van der Waals surface area (Å²) < 4.78 is 4.94. The quantitative estimate of drug-likeness (QED) is 0.808. The second kappa shape index (κ2) is 7.22. The van der Waals surface area contributed by atoms with Crippen molar-refractivity contribution in [3.63, 3.8) is 0 Å². The summed E-state index contributed by atoms with van der Waals surface area (Å²) in [6.07, 6.45) is 1.06. The zero-order valence-corrected chi connectivity index (χ0v) is 12.6. The van der Waals surface area contributed by atoms with Crippen molar-refractivity contribution in [2.24, 2.45) is 5.92 Å². The Bertz CT molecular complexity index is 516. The van der Waals surface area contributed by atoms with Crippen LogP contribution in [0.2, 0.25) is 0 Å². The van der Waals surface area contributed by atoms with Crippen molar-refractivity contribution < 1.29 is 14.3 Å². The van der Waals surface area contributed by atoms with Crippen LogP contribution in [0.5, 0.6) is 0 Å². The standard InChI is InChI=1S/C16H22N2O3/c1-12-5-3-6-14(9-12)18-11-13(10-15(18)19)16(20)17-7-4-8-21-2/h3,5-6,9,13H,4,7-8,10-11H2,1-2H3,(H,17,20). The molecule has 0 aromatic heterocycles. The van der Waals surface area contributed by atoms with Crippen molar-refractivity contribution in [2.75, 3.05) is 31.7 Å². The topological polar surface area (TPSA) is 58.6 Å². The molecule has 5 nitrogen and oxygen atoms in total. The number of aryl methyl sites for hydroxylation is 1. The Morgan fingerprint density at radius 3 is 3.00 bits per heavy atom. The molecule has 2 rings (SSSR count). The van der Waals surface area contributed by atoms with Gasteiger partial charge < -0.3 is 15.0 Å². The van der Waals surface area contributed by atoms with Crippen LogP contribution in [-0.4, -0.2) is 38.6 Å². The lowest BCUT2D eigenvalue weighted by Gasteiger charge is -2.17. The van der Waals surface area contributed by atoms with Gasteiger partial charge in [0, 0.05) is 38.9 Å². The van der Waals surface area contributed by atoms with E-state index in [2.05, 4.69) is 5.32 Å². The summed E-state index contributed by atoms with van der Waals surface area (Å²) in [6, 6.07) is 7.79. The largest absolute Gasteiger partial charge is 0.385 e. The van der Waals surface area contributed by atoms with Crippen LogP contribution in [-0.2, 0) is 14.3 Å². The molecule has 0 radical (unpaired) electrons. The zero-order chi connectivity index (χ0) is 15.2. The Hall–Kier alpha value is -1.88. The van der Waals surface area contributed by atoms with E-state index in [1.807, 2.05) is 31.2 Å². The molecular weight excluding hydrogens is 268 g/mol. The normalized spacial score (nSPS) is 18.1. The molecule has 0 bridgehead atoms. The molecular formula is C16H22N2O3. The van der Waals surface area contributed by atoms with Crippen LogP contribution >= 0.6 is 0 Å². The van der Waals surface area contributed by atoms with Crippen LogP contribution in [0.25, 0.3) is 0 Å². The monoisotopic (exact) mass is 290 g/mol. The van der Waals surface area contributed by atoms with E-state index in [1.165, 1.54) is 0 Å². The highest BCUT2D eigenvalue weighted by atomic mass is 16.5. The number of rotatable bonds is 6. The molecule has 1 heterocycles. The lowest BCUT2D eigenvalue weighted by Crippen LogP contribution is -2.33. The first kappa shape index (κ1) is 15.5. The molecule has 5 heteroatoms. The number of carbonyl (C=O) groups excluding carboxylic acids is 2. The summed E-state index contributed by atoms with van der Waals surface area (Å²) in [5, 5.41) is 2.87. The molecule has 1 fully saturated rings. The van der Waals surface area contributed by atoms with Crippen LogP contribution in [0.1, 0.15) is 18.4 Å². The molecule has 1 aromatic rings. The van der Waals surface area contributed by atoms with Crippen molar-refractivity contribution in [2.45, 2.75) is 19.8 Å². The Morgan fingerprint density at radius 1 is 1.48 bits per heavy atom. The number of methoxy groups -OCH3 is 1. The van der Waals surface area contributed by atoms with Gasteiger partial charge in [0.1, 0.15) is 0 Å². The number of nitrogens with zero attached hydrogens (tertiary/aromatic N) is 1. The first-order valence-electron chi connectivity index (χ1n) is 7.25. The van der Waals surface area contributed by atoms with Gasteiger partial charge in [-0.25, -0.2) is 0 Å². The number of amides is 2. The molecule has 114 valence electrons. The van der Waals surface area contributed by atoms with Crippen LogP contribution in [0.4, 0.5) is 5.69 Å². The van der Waals surface area contributed by atoms with Crippen LogP contribution in [0.3, 0.4) is 0 Å². The average molecular weight is 290 g/mol. The molecule has 1 aliphatic heterocycles. The van der Waals surface area contributed by atoms with Crippen molar-refractivity contribution in [3.8, 4) is 0 Å². The molecule has 1 N–H and O–H groups in total. The van der Waals surface area contributed by atoms with Gasteiger partial charge in [0.2, 0.25) is 11.8 Å². The molecule has 0 saturated carbocycles. The third kappa shape index (κ3) is 4.04. The lowest BCUT2D eigenvalue weighted by molar-refractivity contribution is -0.126. The van der Waals surface area contributed by atoms with Gasteiger partial charge >= 0.3 is 0 Å². The van der Waals surface area contributed by atoms with E-state index in [4.69, 9.17) is 4.74 Å². The zero-order valence-electron chi connectivity index (χ0n) is 12.6. The van der Waals surface area contributed by atoms with Gasteiger partial charge in [-0.2, -0.15) is 0 Å². The number of benzene rings is 1. The molecule has 1 saturated heterocycles. The van der Waals surface area contributed by atoms with Crippen molar-refractivity contribution in [1.29, 1.82) is 0 Å². The van der Waals surface area contributed by atoms with Crippen LogP contribution < -0.4 is 10.2 Å². The van der Waals surface area contributed by atoms with Gasteiger partial charge in [0.25, 0.3) is 0 Å². The number of ether oxygens (including phenoxy) is 1. The van der Waals surface area contributed by atoms with Crippen LogP contribution in [0.15, 0.2) is 24.3 Å². The molecule has 0 aliphatic carbocycles. The summed E-state index contributed by atoms with van der Waals surface area (Å²) in [5.74, 6) is -0.298. The first-order chi connectivity index (χ1) is 10.1. The molecule has 1 aromatic carbocycles. The molecule has 0 spiro atoms. The number of nitrogens with one attached hydrogen (secondary N) is 1. The minimum Gasteiger partial charge on any atom is -0.385 e. The number of anilines is 1. The van der Waals surface area contributed by atoms with E-state index >= 15 is 0 Å². The van der Waals surface area contributed by atoms with Gasteiger partial charge in [-0.15, -0.1) is 0 Å². The minimum atomic E-state index is -0.263. The Morgan fingerprint density at radius 2 is 2.29 bits per heavy atom. The predicted molar refractivity (Wildman–Crippen MR) is 81.1 cm³/mol. The van der Waals surface area contributed by atoms with E-state index in [0.29, 0.717) is 19.7 Å². The summed E-state index contributed by atoms with van der Waals surface area (Å²) in [6.45, 7) is 3.66. The van der Waals surface area contributed by atoms with Crippen LogP contribution in [0, 0.1) is 12.8 Å². The smallest absolute Gasteiger partial charge is 0.227 e. The second-order valence-corrected chi connectivity index (χ2v) is 5.38. The highest BCUT2D eigenvalue weighted by Crippen LogP contribution is 2.25. The molecule has 21 heavy (non-hydrogen) atoms. The van der Waals surface area contributed by atoms with Gasteiger partial charge in [-0.05, 0) is 31.0 Å². The molecule has 2 amide bonds. The number of hydrogen-bond acceptors (Lipinski definition) is 3. The van der Waals surface area contributed by atoms with Gasteiger partial charge in [-0.1, -0.05) is 12.1 Å². The fourth-order valence-electron chi connectivity index (χ4n) is 2.50. The Labute approximate surface area is 125 Å². The molecule has 1 aliphatic rings. The minimum absolute atomic E-state index is 0.0117. The maximum absolute atomic E-state index is 12.1. The molecule has 1 unspecified atom stereocenters. The summed E-state index contributed by atoms with van der Waals surface area (Å²) in [4.78, 5) is 25.9. The second-order valence-electron chi connectivity index (χ2n) is 5.38. The maximum atomic E-state index is 12.1. The number of hydrogen-bond donors (Lipinski definition) is 1. The van der Waals surface area contributed by atoms with Crippen molar-refractivity contribution in [3.05, 3.63) is 29.8 Å². The summed E-state index contributed by atoms with van der Waals surface area (Å²) in [5.41, 5.74) is 1.97. The van der Waals surface area contributed by atoms with Gasteiger partial charge in [-0.3, -0.25) is 9.59 Å². The number of carbonyl (C=O) groups is 2. The summed E-state index contributed by atoms with van der Waals surface area (Å²) >= 11 is 0. The van der Waals surface area contributed by atoms with E-state index in [-0.39, 0.29) is 24.2 Å². The van der Waals surface area contributed by atoms with E-state index in [9.17, 15) is 9.59 Å². The Balaban J connectivity index is 1.91. The summed E-state index contributed by atoms with van der Waals surface area (Å²) in [7, 11) is 1.64. The van der Waals surface area contributed by atoms with Crippen molar-refractivity contribution >= 4 is 17.5 Å². The SMILES string of the molecule is COCCCNC(=O)C1CC(=O)N(c2cccc(C)c2)C1. The Kier molecular flexibility index (Phi) is 5.33. The first-order valence-corrected chi connectivity index (χ1v) is 7.25. The fourth-order valence-corrected chi connectivity index (χ4v) is 2.50. The average Bonchev–Trinajstić information content (AvgIpc) is 2.85. The third-order valence-electron chi connectivity index (χ3n) is 3.63. The lowest BCUT2D eigenvalue weighted by atomic mass is 10.1. The van der Waals surface area contributed by atoms with E-state index in [1.54, 1.807) is 12.0 Å². The fraction of sp³-hybridized carbons (Fsp3) is 0.500. The highest BCUT2D eigenvalue weighted by molar-refractivity contribution is 6.00. The highest BCUT2D eigenvalue weighted by Gasteiger charge is 2.34.